The summed E-state index contributed by atoms with van der Waals surface area (Å²) < 4.78 is 0. The predicted octanol–water partition coefficient (Wildman–Crippen LogP) is 1.98. The van der Waals surface area contributed by atoms with Crippen molar-refractivity contribution >= 4 is 0 Å². The van der Waals surface area contributed by atoms with Gasteiger partial charge in [0, 0.05) is 24.4 Å². The number of rotatable bonds is 0. The highest BCUT2D eigenvalue weighted by Crippen LogP contribution is 2.65. The number of hydroxylamine groups is 2. The van der Waals surface area contributed by atoms with Crippen LogP contribution in [0.25, 0.3) is 0 Å². The van der Waals surface area contributed by atoms with Gasteiger partial charge in [0.15, 0.2) is 0 Å². The molecule has 0 aromatic rings. The van der Waals surface area contributed by atoms with Gasteiger partial charge in [-0.2, -0.15) is 5.06 Å². The zero-order valence-electron chi connectivity index (χ0n) is 8.65. The van der Waals surface area contributed by atoms with E-state index in [1.54, 1.807) is 0 Å². The Morgan fingerprint density at radius 3 is 3.29 bits per heavy atom. The smallest absolute Gasteiger partial charge is 0.0933 e. The maximum Gasteiger partial charge on any atom is 0.0933 e. The van der Waals surface area contributed by atoms with Gasteiger partial charge in [0.1, 0.15) is 0 Å². The standard InChI is InChI=1S/C12H17NO/c1-13-10-3-2-6-12(10)9-5-4-8(7-9)11(12)14-13/h4-5,8-11H,2-3,6-7H2,1H3/t8-,9+,10-,11+,12+/m0/s1. The van der Waals surface area contributed by atoms with E-state index in [9.17, 15) is 0 Å². The van der Waals surface area contributed by atoms with E-state index >= 15 is 0 Å². The average molecular weight is 191 g/mol. The Morgan fingerprint density at radius 2 is 2.36 bits per heavy atom. The zero-order chi connectivity index (χ0) is 9.34. The number of hydrogen-bond acceptors (Lipinski definition) is 2. The molecule has 4 aliphatic rings. The van der Waals surface area contributed by atoms with Gasteiger partial charge in [-0.05, 0) is 25.2 Å². The lowest BCUT2D eigenvalue weighted by Gasteiger charge is -2.34. The van der Waals surface area contributed by atoms with E-state index in [1.807, 2.05) is 0 Å². The van der Waals surface area contributed by atoms with Crippen LogP contribution in [0.4, 0.5) is 0 Å². The van der Waals surface area contributed by atoms with Crippen molar-refractivity contribution in [3.05, 3.63) is 12.2 Å². The van der Waals surface area contributed by atoms with Gasteiger partial charge in [-0.3, -0.25) is 4.84 Å². The fourth-order valence-electron chi connectivity index (χ4n) is 4.71. The summed E-state index contributed by atoms with van der Waals surface area (Å²) in [7, 11) is 2.13. The van der Waals surface area contributed by atoms with E-state index in [0.717, 1.165) is 11.8 Å². The van der Waals surface area contributed by atoms with Crippen LogP contribution in [0.15, 0.2) is 12.2 Å². The molecule has 1 aliphatic heterocycles. The molecule has 14 heavy (non-hydrogen) atoms. The average Bonchev–Trinajstić information content (AvgIpc) is 2.84. The van der Waals surface area contributed by atoms with Crippen LogP contribution in [0.1, 0.15) is 25.7 Å². The Balaban J connectivity index is 1.86. The van der Waals surface area contributed by atoms with Crippen molar-refractivity contribution in [2.45, 2.75) is 37.8 Å². The van der Waals surface area contributed by atoms with Gasteiger partial charge in [0.2, 0.25) is 0 Å². The maximum absolute atomic E-state index is 6.06. The first kappa shape index (κ1) is 7.89. The molecule has 2 nitrogen and oxygen atoms in total. The minimum atomic E-state index is 0.522. The van der Waals surface area contributed by atoms with Gasteiger partial charge in [-0.15, -0.1) is 0 Å². The van der Waals surface area contributed by atoms with Crippen LogP contribution >= 0.6 is 0 Å². The van der Waals surface area contributed by atoms with Gasteiger partial charge in [-0.1, -0.05) is 18.6 Å². The SMILES string of the molecule is CN1O[C@@H]2[C@H]3C=C[C@H](C3)[C@@]23CCC[C@H]13. The third kappa shape index (κ3) is 0.636. The molecule has 2 heteroatoms. The highest BCUT2D eigenvalue weighted by molar-refractivity contribution is 5.25. The van der Waals surface area contributed by atoms with E-state index in [0.29, 0.717) is 17.6 Å². The lowest BCUT2D eigenvalue weighted by Crippen LogP contribution is -2.40. The van der Waals surface area contributed by atoms with Crippen LogP contribution in [0, 0.1) is 17.3 Å². The van der Waals surface area contributed by atoms with Crippen LogP contribution in [0.3, 0.4) is 0 Å². The van der Waals surface area contributed by atoms with E-state index in [1.165, 1.54) is 25.7 Å². The molecule has 0 aromatic heterocycles. The molecule has 2 bridgehead atoms. The molecule has 76 valence electrons. The van der Waals surface area contributed by atoms with Crippen LogP contribution < -0.4 is 0 Å². The Labute approximate surface area is 84.9 Å². The minimum absolute atomic E-state index is 0.522. The largest absolute Gasteiger partial charge is 0.294 e. The molecular formula is C12H17NO. The Kier molecular flexibility index (Phi) is 1.27. The molecule has 2 saturated carbocycles. The van der Waals surface area contributed by atoms with Gasteiger partial charge >= 0.3 is 0 Å². The highest BCUT2D eigenvalue weighted by Gasteiger charge is 2.67. The van der Waals surface area contributed by atoms with Crippen LogP contribution in [0.2, 0.25) is 0 Å². The summed E-state index contributed by atoms with van der Waals surface area (Å²) in [4.78, 5) is 6.06. The second-order valence-electron chi connectivity index (χ2n) is 5.48. The monoisotopic (exact) mass is 191 g/mol. The van der Waals surface area contributed by atoms with Crippen molar-refractivity contribution in [2.75, 3.05) is 7.05 Å². The van der Waals surface area contributed by atoms with Crippen molar-refractivity contribution < 1.29 is 4.84 Å². The summed E-state index contributed by atoms with van der Waals surface area (Å²) in [5, 5.41) is 2.17. The quantitative estimate of drug-likeness (QED) is 0.543. The van der Waals surface area contributed by atoms with Crippen LogP contribution in [-0.2, 0) is 4.84 Å². The fourth-order valence-corrected chi connectivity index (χ4v) is 4.71. The van der Waals surface area contributed by atoms with Gasteiger partial charge in [-0.25, -0.2) is 0 Å². The van der Waals surface area contributed by atoms with E-state index < -0.39 is 0 Å². The van der Waals surface area contributed by atoms with Gasteiger partial charge < -0.3 is 0 Å². The van der Waals surface area contributed by atoms with E-state index in [-0.39, 0.29) is 0 Å². The third-order valence-corrected chi connectivity index (χ3v) is 5.15. The van der Waals surface area contributed by atoms with Crippen molar-refractivity contribution in [1.82, 2.24) is 5.06 Å². The summed E-state index contributed by atoms with van der Waals surface area (Å²) in [5.74, 6) is 1.56. The first-order chi connectivity index (χ1) is 6.82. The zero-order valence-corrected chi connectivity index (χ0v) is 8.65. The molecule has 4 rings (SSSR count). The van der Waals surface area contributed by atoms with E-state index in [4.69, 9.17) is 4.84 Å². The Morgan fingerprint density at radius 1 is 1.43 bits per heavy atom. The van der Waals surface area contributed by atoms with Crippen molar-refractivity contribution in [3.8, 4) is 0 Å². The number of nitrogens with zero attached hydrogens (tertiary/aromatic N) is 1. The van der Waals surface area contributed by atoms with Crippen molar-refractivity contribution in [3.63, 3.8) is 0 Å². The molecule has 5 atom stereocenters. The molecule has 0 amide bonds. The molecule has 1 saturated heterocycles. The third-order valence-electron chi connectivity index (χ3n) is 5.15. The molecule has 1 heterocycles. The summed E-state index contributed by atoms with van der Waals surface area (Å²) in [6.07, 6.45) is 10.9. The summed E-state index contributed by atoms with van der Waals surface area (Å²) in [6, 6.07) is 0.715. The second kappa shape index (κ2) is 2.25. The molecular weight excluding hydrogens is 174 g/mol. The fraction of sp³-hybridized carbons (Fsp3) is 0.833. The molecule has 3 aliphatic carbocycles. The Bertz CT molecular complexity index is 313. The normalized spacial score (nSPS) is 59.5. The topological polar surface area (TPSA) is 12.5 Å². The number of fused-ring (bicyclic) bond motifs is 3. The predicted molar refractivity (Wildman–Crippen MR) is 53.4 cm³/mol. The molecule has 0 radical (unpaired) electrons. The number of hydrogen-bond donors (Lipinski definition) is 0. The molecule has 0 aromatic carbocycles. The molecule has 3 fully saturated rings. The summed E-state index contributed by atoms with van der Waals surface area (Å²) in [5.41, 5.74) is 0.522. The van der Waals surface area contributed by atoms with Crippen LogP contribution in [0.5, 0.6) is 0 Å². The molecule has 0 N–H and O–H groups in total. The lowest BCUT2D eigenvalue weighted by molar-refractivity contribution is -0.154. The van der Waals surface area contributed by atoms with E-state index in [2.05, 4.69) is 24.3 Å². The lowest BCUT2D eigenvalue weighted by atomic mass is 9.70. The van der Waals surface area contributed by atoms with Crippen molar-refractivity contribution in [1.29, 1.82) is 0 Å². The van der Waals surface area contributed by atoms with Crippen LogP contribution in [-0.4, -0.2) is 24.3 Å². The summed E-state index contributed by atoms with van der Waals surface area (Å²) >= 11 is 0. The second-order valence-corrected chi connectivity index (χ2v) is 5.48. The Hall–Kier alpha value is -0.340. The first-order valence-electron chi connectivity index (χ1n) is 5.90. The molecule has 0 unspecified atom stereocenters. The maximum atomic E-state index is 6.06. The number of allylic oxidation sites excluding steroid dienone is 1. The van der Waals surface area contributed by atoms with Crippen molar-refractivity contribution in [2.24, 2.45) is 17.3 Å². The minimum Gasteiger partial charge on any atom is -0.294 e. The molecule has 1 spiro atoms. The first-order valence-corrected chi connectivity index (χ1v) is 5.90. The van der Waals surface area contributed by atoms with Gasteiger partial charge in [0.25, 0.3) is 0 Å². The van der Waals surface area contributed by atoms with Gasteiger partial charge in [0.05, 0.1) is 6.10 Å². The summed E-state index contributed by atoms with van der Waals surface area (Å²) in [6.45, 7) is 0. The highest BCUT2D eigenvalue weighted by atomic mass is 16.7.